The maximum absolute atomic E-state index is 6.02. The number of benzene rings is 1. The standard InChI is InChI=1S/C16H22N2O2S/c1-18(11-13-5-4-8-21-13)15(10-17)14-9-12(19-2)6-7-16(14)20-3/h4-9,15H,10-11,17H2,1-3H3. The van der Waals surface area contributed by atoms with Gasteiger partial charge in [0.05, 0.1) is 20.3 Å². The van der Waals surface area contributed by atoms with Crippen molar-refractivity contribution in [2.45, 2.75) is 12.6 Å². The summed E-state index contributed by atoms with van der Waals surface area (Å²) in [6.07, 6.45) is 0. The van der Waals surface area contributed by atoms with Crippen LogP contribution in [0.25, 0.3) is 0 Å². The van der Waals surface area contributed by atoms with Crippen molar-refractivity contribution >= 4 is 11.3 Å². The van der Waals surface area contributed by atoms with Gasteiger partial charge in [-0.05, 0) is 36.7 Å². The van der Waals surface area contributed by atoms with Gasteiger partial charge in [-0.3, -0.25) is 4.90 Å². The van der Waals surface area contributed by atoms with Crippen LogP contribution in [0.15, 0.2) is 35.7 Å². The van der Waals surface area contributed by atoms with Gasteiger partial charge < -0.3 is 15.2 Å². The molecule has 0 aliphatic heterocycles. The number of nitrogens with zero attached hydrogens (tertiary/aromatic N) is 1. The molecule has 0 amide bonds. The molecule has 4 nitrogen and oxygen atoms in total. The fourth-order valence-electron chi connectivity index (χ4n) is 2.40. The number of hydrogen-bond acceptors (Lipinski definition) is 5. The molecule has 0 spiro atoms. The molecule has 2 rings (SSSR count). The lowest BCUT2D eigenvalue weighted by atomic mass is 10.0. The zero-order chi connectivity index (χ0) is 15.2. The minimum Gasteiger partial charge on any atom is -0.497 e. The van der Waals surface area contributed by atoms with Crippen LogP contribution in [0.4, 0.5) is 0 Å². The highest BCUT2D eigenvalue weighted by atomic mass is 32.1. The second kappa shape index (κ2) is 7.45. The number of nitrogens with two attached hydrogens (primary N) is 1. The Balaban J connectivity index is 2.26. The summed E-state index contributed by atoms with van der Waals surface area (Å²) in [5.41, 5.74) is 7.07. The summed E-state index contributed by atoms with van der Waals surface area (Å²) in [7, 11) is 5.42. The fourth-order valence-corrected chi connectivity index (χ4v) is 3.17. The monoisotopic (exact) mass is 306 g/mol. The minimum absolute atomic E-state index is 0.0807. The molecule has 5 heteroatoms. The van der Waals surface area contributed by atoms with E-state index in [0.717, 1.165) is 23.6 Å². The van der Waals surface area contributed by atoms with Crippen LogP contribution >= 0.6 is 11.3 Å². The SMILES string of the molecule is COc1ccc(OC)c(C(CN)N(C)Cc2cccs2)c1. The Kier molecular flexibility index (Phi) is 5.61. The molecule has 0 bridgehead atoms. The lowest BCUT2D eigenvalue weighted by Crippen LogP contribution is -2.30. The molecule has 0 radical (unpaired) electrons. The van der Waals surface area contributed by atoms with Crippen molar-refractivity contribution in [1.29, 1.82) is 0 Å². The van der Waals surface area contributed by atoms with Gasteiger partial charge in [-0.15, -0.1) is 11.3 Å². The molecule has 0 aliphatic carbocycles. The van der Waals surface area contributed by atoms with E-state index in [1.54, 1.807) is 25.6 Å². The van der Waals surface area contributed by atoms with Gasteiger partial charge in [0, 0.05) is 23.5 Å². The zero-order valence-electron chi connectivity index (χ0n) is 12.7. The van der Waals surface area contributed by atoms with Crippen LogP contribution in [0.3, 0.4) is 0 Å². The van der Waals surface area contributed by atoms with E-state index >= 15 is 0 Å². The van der Waals surface area contributed by atoms with E-state index in [4.69, 9.17) is 15.2 Å². The van der Waals surface area contributed by atoms with Crippen LogP contribution in [0.1, 0.15) is 16.5 Å². The van der Waals surface area contributed by atoms with Gasteiger partial charge >= 0.3 is 0 Å². The van der Waals surface area contributed by atoms with Crippen LogP contribution in [-0.2, 0) is 6.54 Å². The lowest BCUT2D eigenvalue weighted by molar-refractivity contribution is 0.237. The zero-order valence-corrected chi connectivity index (χ0v) is 13.5. The number of ether oxygens (including phenoxy) is 2. The average Bonchev–Trinajstić information content (AvgIpc) is 3.00. The molecule has 114 valence electrons. The first-order valence-corrected chi connectivity index (χ1v) is 7.72. The number of methoxy groups -OCH3 is 2. The van der Waals surface area contributed by atoms with Crippen molar-refractivity contribution < 1.29 is 9.47 Å². The molecular formula is C16H22N2O2S. The summed E-state index contributed by atoms with van der Waals surface area (Å²) < 4.78 is 10.8. The predicted octanol–water partition coefficient (Wildman–Crippen LogP) is 2.90. The van der Waals surface area contributed by atoms with Gasteiger partial charge in [0.15, 0.2) is 0 Å². The van der Waals surface area contributed by atoms with E-state index in [9.17, 15) is 0 Å². The largest absolute Gasteiger partial charge is 0.497 e. The van der Waals surface area contributed by atoms with Gasteiger partial charge in [0.25, 0.3) is 0 Å². The van der Waals surface area contributed by atoms with Gasteiger partial charge in [-0.2, -0.15) is 0 Å². The second-order valence-electron chi connectivity index (χ2n) is 4.85. The lowest BCUT2D eigenvalue weighted by Gasteiger charge is -2.28. The van der Waals surface area contributed by atoms with Gasteiger partial charge in [-0.1, -0.05) is 6.07 Å². The van der Waals surface area contributed by atoms with Crippen LogP contribution < -0.4 is 15.2 Å². The van der Waals surface area contributed by atoms with E-state index < -0.39 is 0 Å². The Bertz CT molecular complexity index is 557. The van der Waals surface area contributed by atoms with E-state index in [1.165, 1.54) is 4.88 Å². The molecule has 1 unspecified atom stereocenters. The second-order valence-corrected chi connectivity index (χ2v) is 5.89. The first-order valence-electron chi connectivity index (χ1n) is 6.84. The third-order valence-corrected chi connectivity index (χ3v) is 4.40. The third-order valence-electron chi connectivity index (χ3n) is 3.54. The smallest absolute Gasteiger partial charge is 0.123 e. The minimum atomic E-state index is 0.0807. The van der Waals surface area contributed by atoms with E-state index in [0.29, 0.717) is 6.54 Å². The Morgan fingerprint density at radius 3 is 2.62 bits per heavy atom. The fraction of sp³-hybridized carbons (Fsp3) is 0.375. The van der Waals surface area contributed by atoms with E-state index in [-0.39, 0.29) is 6.04 Å². The molecule has 0 fully saturated rings. The number of thiophene rings is 1. The summed E-state index contributed by atoms with van der Waals surface area (Å²) in [6.45, 7) is 1.38. The molecular weight excluding hydrogens is 284 g/mol. The topological polar surface area (TPSA) is 47.7 Å². The normalized spacial score (nSPS) is 12.4. The number of rotatable bonds is 7. The van der Waals surface area contributed by atoms with Crippen LogP contribution in [0, 0.1) is 0 Å². The summed E-state index contributed by atoms with van der Waals surface area (Å²) in [4.78, 5) is 3.56. The molecule has 0 saturated heterocycles. The summed E-state index contributed by atoms with van der Waals surface area (Å²) in [5, 5.41) is 2.09. The van der Waals surface area contributed by atoms with Crippen molar-refractivity contribution in [2.75, 3.05) is 27.8 Å². The molecule has 1 atom stereocenters. The highest BCUT2D eigenvalue weighted by Gasteiger charge is 2.20. The molecule has 0 aliphatic rings. The van der Waals surface area contributed by atoms with Crippen LogP contribution in [0.2, 0.25) is 0 Å². The maximum atomic E-state index is 6.02. The van der Waals surface area contributed by atoms with E-state index in [2.05, 4.69) is 29.5 Å². The van der Waals surface area contributed by atoms with Crippen molar-refractivity contribution in [2.24, 2.45) is 5.73 Å². The average molecular weight is 306 g/mol. The molecule has 1 heterocycles. The molecule has 1 aromatic heterocycles. The molecule has 21 heavy (non-hydrogen) atoms. The van der Waals surface area contributed by atoms with Crippen LogP contribution in [-0.4, -0.2) is 32.7 Å². The van der Waals surface area contributed by atoms with Crippen molar-refractivity contribution in [3.05, 3.63) is 46.2 Å². The third kappa shape index (κ3) is 3.75. The van der Waals surface area contributed by atoms with Gasteiger partial charge in [0.1, 0.15) is 11.5 Å². The Labute approximate surface area is 130 Å². The van der Waals surface area contributed by atoms with Crippen molar-refractivity contribution in [3.63, 3.8) is 0 Å². The Hall–Kier alpha value is -1.56. The first kappa shape index (κ1) is 15.8. The van der Waals surface area contributed by atoms with Crippen LogP contribution in [0.5, 0.6) is 11.5 Å². The Morgan fingerprint density at radius 2 is 2.05 bits per heavy atom. The highest BCUT2D eigenvalue weighted by Crippen LogP contribution is 2.32. The van der Waals surface area contributed by atoms with E-state index in [1.807, 2.05) is 18.2 Å². The highest BCUT2D eigenvalue weighted by molar-refractivity contribution is 7.09. The molecule has 1 aromatic carbocycles. The van der Waals surface area contributed by atoms with Gasteiger partial charge in [0.2, 0.25) is 0 Å². The first-order chi connectivity index (χ1) is 10.2. The van der Waals surface area contributed by atoms with Crippen molar-refractivity contribution in [1.82, 2.24) is 4.90 Å². The predicted molar refractivity (Wildman–Crippen MR) is 87.1 cm³/mol. The summed E-state index contributed by atoms with van der Waals surface area (Å²) in [6, 6.07) is 10.1. The van der Waals surface area contributed by atoms with Gasteiger partial charge in [-0.25, -0.2) is 0 Å². The number of hydrogen-bond donors (Lipinski definition) is 1. The Morgan fingerprint density at radius 1 is 1.24 bits per heavy atom. The van der Waals surface area contributed by atoms with Crippen molar-refractivity contribution in [3.8, 4) is 11.5 Å². The number of likely N-dealkylation sites (N-methyl/N-ethyl adjacent to an activating group) is 1. The molecule has 0 saturated carbocycles. The molecule has 2 N–H and O–H groups in total. The maximum Gasteiger partial charge on any atom is 0.123 e. The quantitative estimate of drug-likeness (QED) is 0.854. The summed E-state index contributed by atoms with van der Waals surface area (Å²) >= 11 is 1.75. The molecule has 2 aromatic rings. The summed E-state index contributed by atoms with van der Waals surface area (Å²) in [5.74, 6) is 1.65.